The second-order valence-corrected chi connectivity index (χ2v) is 8.05. The molecule has 1 aromatic carbocycles. The van der Waals surface area contributed by atoms with Gasteiger partial charge in [0.2, 0.25) is 21.7 Å². The number of sulfonamides is 1. The molecule has 9 heteroatoms. The van der Waals surface area contributed by atoms with Crippen LogP contribution in [-0.4, -0.2) is 40.9 Å². The first kappa shape index (κ1) is 16.2. The number of aromatic nitrogens is 3. The molecule has 0 unspecified atom stereocenters. The van der Waals surface area contributed by atoms with Gasteiger partial charge in [-0.15, -0.1) is 0 Å². The highest BCUT2D eigenvalue weighted by atomic mass is 35.5. The largest absolute Gasteiger partial charge is 0.339 e. The Kier molecular flexibility index (Phi) is 4.03. The Morgan fingerprint density at radius 2 is 2.04 bits per heavy atom. The van der Waals surface area contributed by atoms with Crippen LogP contribution in [0.2, 0.25) is 5.02 Å². The Labute approximate surface area is 149 Å². The molecule has 1 fully saturated rings. The van der Waals surface area contributed by atoms with E-state index in [9.17, 15) is 8.42 Å². The van der Waals surface area contributed by atoms with Crippen molar-refractivity contribution in [3.05, 3.63) is 59.7 Å². The van der Waals surface area contributed by atoms with Crippen LogP contribution in [0.5, 0.6) is 0 Å². The number of hydrogen-bond donors (Lipinski definition) is 0. The summed E-state index contributed by atoms with van der Waals surface area (Å²) in [6, 6.07) is 9.84. The molecule has 0 amide bonds. The molecule has 1 aliphatic rings. The molecule has 0 atom stereocenters. The van der Waals surface area contributed by atoms with Crippen LogP contribution in [0.1, 0.15) is 11.8 Å². The maximum atomic E-state index is 12.6. The lowest BCUT2D eigenvalue weighted by Gasteiger charge is -2.35. The van der Waals surface area contributed by atoms with Gasteiger partial charge in [-0.2, -0.15) is 9.29 Å². The topological polar surface area (TPSA) is 89.2 Å². The maximum Gasteiger partial charge on any atom is 0.243 e. The highest BCUT2D eigenvalue weighted by Crippen LogP contribution is 2.32. The molecule has 0 N–H and O–H groups in total. The third-order valence-electron chi connectivity index (χ3n) is 3.99. The van der Waals surface area contributed by atoms with E-state index in [1.807, 2.05) is 6.07 Å². The number of hydrogen-bond acceptors (Lipinski definition) is 6. The van der Waals surface area contributed by atoms with Crippen molar-refractivity contribution in [3.8, 4) is 11.4 Å². The number of rotatable bonds is 4. The van der Waals surface area contributed by atoms with Crippen molar-refractivity contribution in [1.82, 2.24) is 19.4 Å². The molecule has 0 radical (unpaired) electrons. The molecule has 0 aliphatic carbocycles. The number of benzene rings is 1. The third kappa shape index (κ3) is 3.04. The lowest BCUT2D eigenvalue weighted by Crippen LogP contribution is -2.48. The second kappa shape index (κ2) is 6.21. The summed E-state index contributed by atoms with van der Waals surface area (Å²) in [6.45, 7) is 0.590. The van der Waals surface area contributed by atoms with Crippen LogP contribution in [0.3, 0.4) is 0 Å². The Hall–Kier alpha value is -2.29. The molecule has 0 bridgehead atoms. The second-order valence-electron chi connectivity index (χ2n) is 5.67. The monoisotopic (exact) mass is 376 g/mol. The normalized spacial score (nSPS) is 15.9. The lowest BCUT2D eigenvalue weighted by molar-refractivity contribution is 0.217. The number of nitrogens with zero attached hydrogens (tertiary/aromatic N) is 4. The molecule has 2 aromatic heterocycles. The zero-order valence-electron chi connectivity index (χ0n) is 12.9. The summed E-state index contributed by atoms with van der Waals surface area (Å²) in [5, 5.41) is 4.32. The Morgan fingerprint density at radius 3 is 2.76 bits per heavy atom. The minimum absolute atomic E-state index is 0.119. The molecule has 3 heterocycles. The molecule has 3 aromatic rings. The van der Waals surface area contributed by atoms with Crippen molar-refractivity contribution in [1.29, 1.82) is 0 Å². The molecule has 1 saturated heterocycles. The summed E-state index contributed by atoms with van der Waals surface area (Å²) in [4.78, 5) is 8.54. The van der Waals surface area contributed by atoms with Crippen molar-refractivity contribution in [2.24, 2.45) is 0 Å². The molecule has 25 heavy (non-hydrogen) atoms. The van der Waals surface area contributed by atoms with Gasteiger partial charge in [0, 0.05) is 36.1 Å². The number of pyridine rings is 1. The van der Waals surface area contributed by atoms with Gasteiger partial charge >= 0.3 is 0 Å². The van der Waals surface area contributed by atoms with Gasteiger partial charge in [0.25, 0.3) is 0 Å². The average molecular weight is 377 g/mol. The van der Waals surface area contributed by atoms with Crippen molar-refractivity contribution in [2.45, 2.75) is 10.8 Å². The van der Waals surface area contributed by atoms with Crippen LogP contribution in [0.25, 0.3) is 11.4 Å². The van der Waals surface area contributed by atoms with Crippen LogP contribution in [0.4, 0.5) is 0 Å². The molecule has 0 spiro atoms. The maximum absolute atomic E-state index is 12.6. The molecule has 4 rings (SSSR count). The summed E-state index contributed by atoms with van der Waals surface area (Å²) < 4.78 is 31.8. The fourth-order valence-electron chi connectivity index (χ4n) is 2.58. The molecule has 1 aliphatic heterocycles. The van der Waals surface area contributed by atoms with E-state index in [4.69, 9.17) is 16.1 Å². The van der Waals surface area contributed by atoms with Gasteiger partial charge < -0.3 is 4.52 Å². The molecule has 0 saturated carbocycles. The van der Waals surface area contributed by atoms with Gasteiger partial charge in [0.1, 0.15) is 0 Å². The quantitative estimate of drug-likeness (QED) is 0.695. The van der Waals surface area contributed by atoms with Gasteiger partial charge in [0.05, 0.1) is 10.8 Å². The first-order chi connectivity index (χ1) is 12.0. The fraction of sp³-hybridized carbons (Fsp3) is 0.188. The van der Waals surface area contributed by atoms with E-state index < -0.39 is 10.0 Å². The first-order valence-electron chi connectivity index (χ1n) is 7.54. The predicted octanol–water partition coefficient (Wildman–Crippen LogP) is 2.57. The molecular weight excluding hydrogens is 364 g/mol. The summed E-state index contributed by atoms with van der Waals surface area (Å²) in [5.41, 5.74) is 0.750. The summed E-state index contributed by atoms with van der Waals surface area (Å²) in [6.07, 6.45) is 3.31. The van der Waals surface area contributed by atoms with Gasteiger partial charge in [0.15, 0.2) is 0 Å². The van der Waals surface area contributed by atoms with Crippen molar-refractivity contribution < 1.29 is 12.9 Å². The van der Waals surface area contributed by atoms with Crippen LogP contribution < -0.4 is 0 Å². The van der Waals surface area contributed by atoms with E-state index in [2.05, 4.69) is 15.1 Å². The Morgan fingerprint density at radius 1 is 1.20 bits per heavy atom. The van der Waals surface area contributed by atoms with Crippen molar-refractivity contribution in [3.63, 3.8) is 0 Å². The van der Waals surface area contributed by atoms with Crippen molar-refractivity contribution in [2.75, 3.05) is 13.1 Å². The Bertz CT molecular complexity index is 1000. The first-order valence-corrected chi connectivity index (χ1v) is 9.35. The van der Waals surface area contributed by atoms with Gasteiger partial charge in [-0.1, -0.05) is 22.8 Å². The van der Waals surface area contributed by atoms with Gasteiger partial charge in [-0.05, 0) is 30.3 Å². The van der Waals surface area contributed by atoms with E-state index in [1.54, 1.807) is 30.6 Å². The smallest absolute Gasteiger partial charge is 0.243 e. The van der Waals surface area contributed by atoms with Crippen LogP contribution in [-0.2, 0) is 10.0 Å². The zero-order valence-corrected chi connectivity index (χ0v) is 14.5. The minimum Gasteiger partial charge on any atom is -0.339 e. The van der Waals surface area contributed by atoms with Crippen LogP contribution in [0, 0.1) is 0 Å². The highest BCUT2D eigenvalue weighted by Gasteiger charge is 2.40. The summed E-state index contributed by atoms with van der Waals surface area (Å²) in [7, 11) is -3.56. The summed E-state index contributed by atoms with van der Waals surface area (Å²) >= 11 is 5.88. The van der Waals surface area contributed by atoms with E-state index >= 15 is 0 Å². The van der Waals surface area contributed by atoms with Gasteiger partial charge in [-0.3, -0.25) is 4.98 Å². The van der Waals surface area contributed by atoms with Crippen LogP contribution >= 0.6 is 11.6 Å². The predicted molar refractivity (Wildman–Crippen MR) is 90.5 cm³/mol. The lowest BCUT2D eigenvalue weighted by atomic mass is 10.0. The van der Waals surface area contributed by atoms with E-state index in [-0.39, 0.29) is 10.8 Å². The minimum atomic E-state index is -3.56. The van der Waals surface area contributed by atoms with E-state index in [0.29, 0.717) is 29.8 Å². The SMILES string of the molecule is O=S(=O)(c1cccc(Cl)c1)N1CC(c2nc(-c3cccnc3)no2)C1. The summed E-state index contributed by atoms with van der Waals surface area (Å²) in [5.74, 6) is 0.752. The van der Waals surface area contributed by atoms with E-state index in [0.717, 1.165) is 5.56 Å². The van der Waals surface area contributed by atoms with E-state index in [1.165, 1.54) is 16.4 Å². The van der Waals surface area contributed by atoms with Crippen LogP contribution in [0.15, 0.2) is 58.2 Å². The standard InChI is InChI=1S/C16H13ClN4O3S/c17-13-4-1-5-14(7-13)25(22,23)21-9-12(10-21)16-19-15(20-24-16)11-3-2-6-18-8-11/h1-8,12H,9-10H2. The molecule has 7 nitrogen and oxygen atoms in total. The van der Waals surface area contributed by atoms with Crippen molar-refractivity contribution >= 4 is 21.6 Å². The highest BCUT2D eigenvalue weighted by molar-refractivity contribution is 7.89. The third-order valence-corrected chi connectivity index (χ3v) is 6.06. The molecule has 128 valence electrons. The molecular formula is C16H13ClN4O3S. The average Bonchev–Trinajstić information content (AvgIpc) is 3.04. The zero-order chi connectivity index (χ0) is 17.4. The van der Waals surface area contributed by atoms with Gasteiger partial charge in [-0.25, -0.2) is 8.42 Å². The number of halogens is 1. The fourth-order valence-corrected chi connectivity index (χ4v) is 4.41. The Balaban J connectivity index is 1.48.